The maximum absolute atomic E-state index is 5.72. The molecule has 1 aromatic rings. The quantitative estimate of drug-likeness (QED) is 0.906. The van der Waals surface area contributed by atoms with Crippen molar-refractivity contribution in [3.63, 3.8) is 0 Å². The van der Waals surface area contributed by atoms with Gasteiger partial charge >= 0.3 is 0 Å². The molecule has 0 bridgehead atoms. The number of fused-ring (bicyclic) bond motifs is 1. The van der Waals surface area contributed by atoms with E-state index in [2.05, 4.69) is 18.2 Å². The van der Waals surface area contributed by atoms with Gasteiger partial charge in [-0.3, -0.25) is 0 Å². The highest BCUT2D eigenvalue weighted by Gasteiger charge is 2.26. The van der Waals surface area contributed by atoms with Gasteiger partial charge in [0.2, 0.25) is 0 Å². The van der Waals surface area contributed by atoms with Crippen LogP contribution in [0.2, 0.25) is 0 Å². The van der Waals surface area contributed by atoms with Crippen LogP contribution in [-0.4, -0.2) is 19.8 Å². The Labute approximate surface area is 115 Å². The second-order valence-corrected chi connectivity index (χ2v) is 5.71. The van der Waals surface area contributed by atoms with Crippen LogP contribution in [0.25, 0.3) is 0 Å². The van der Waals surface area contributed by atoms with E-state index in [4.69, 9.17) is 15.2 Å². The fourth-order valence-electron chi connectivity index (χ4n) is 3.49. The van der Waals surface area contributed by atoms with Crippen LogP contribution in [0.15, 0.2) is 18.2 Å². The molecule has 0 radical (unpaired) electrons. The molecule has 0 saturated heterocycles. The van der Waals surface area contributed by atoms with Gasteiger partial charge in [-0.2, -0.15) is 0 Å². The molecule has 1 aliphatic carbocycles. The minimum absolute atomic E-state index is 0.660. The minimum Gasteiger partial charge on any atom is -0.486 e. The zero-order valence-electron chi connectivity index (χ0n) is 11.4. The summed E-state index contributed by atoms with van der Waals surface area (Å²) in [5.41, 5.74) is 7.09. The predicted molar refractivity (Wildman–Crippen MR) is 75.6 cm³/mol. The smallest absolute Gasteiger partial charge is 0.161 e. The van der Waals surface area contributed by atoms with Crippen molar-refractivity contribution in [2.45, 2.75) is 32.1 Å². The van der Waals surface area contributed by atoms with Gasteiger partial charge in [-0.05, 0) is 55.3 Å². The molecule has 0 spiro atoms. The van der Waals surface area contributed by atoms with Crippen molar-refractivity contribution >= 4 is 0 Å². The van der Waals surface area contributed by atoms with E-state index in [1.165, 1.54) is 31.2 Å². The number of nitrogens with two attached hydrogens (primary N) is 1. The Hall–Kier alpha value is -1.22. The molecule has 1 aliphatic heterocycles. The molecular weight excluding hydrogens is 238 g/mol. The fraction of sp³-hybridized carbons (Fsp3) is 0.625. The molecule has 3 nitrogen and oxygen atoms in total. The third-order valence-corrected chi connectivity index (χ3v) is 4.46. The van der Waals surface area contributed by atoms with Gasteiger partial charge in [0.25, 0.3) is 0 Å². The molecule has 1 fully saturated rings. The molecule has 0 amide bonds. The van der Waals surface area contributed by atoms with E-state index in [-0.39, 0.29) is 0 Å². The average Bonchev–Trinajstić information content (AvgIpc) is 2.86. The van der Waals surface area contributed by atoms with Crippen molar-refractivity contribution in [1.82, 2.24) is 0 Å². The fourth-order valence-corrected chi connectivity index (χ4v) is 3.49. The zero-order valence-corrected chi connectivity index (χ0v) is 11.4. The Bertz CT molecular complexity index is 433. The topological polar surface area (TPSA) is 44.5 Å². The standard InChI is InChI=1S/C16H23NO2/c17-7-6-13-2-1-3-14(13)10-12-4-5-15-16(11-12)19-9-8-18-15/h4-5,11,13-14H,1-3,6-10,17H2. The maximum atomic E-state index is 5.72. The van der Waals surface area contributed by atoms with Crippen LogP contribution in [0, 0.1) is 11.8 Å². The average molecular weight is 261 g/mol. The molecule has 1 saturated carbocycles. The van der Waals surface area contributed by atoms with Crippen LogP contribution in [0.1, 0.15) is 31.2 Å². The summed E-state index contributed by atoms with van der Waals surface area (Å²) in [5.74, 6) is 3.42. The molecular formula is C16H23NO2. The summed E-state index contributed by atoms with van der Waals surface area (Å²) in [6, 6.07) is 6.40. The summed E-state index contributed by atoms with van der Waals surface area (Å²) in [4.78, 5) is 0. The van der Waals surface area contributed by atoms with E-state index in [0.717, 1.165) is 36.3 Å². The summed E-state index contributed by atoms with van der Waals surface area (Å²) in [6.07, 6.45) is 6.39. The van der Waals surface area contributed by atoms with Gasteiger partial charge in [0, 0.05) is 0 Å². The van der Waals surface area contributed by atoms with E-state index >= 15 is 0 Å². The lowest BCUT2D eigenvalue weighted by molar-refractivity contribution is 0.171. The molecule has 0 aromatic heterocycles. The van der Waals surface area contributed by atoms with Gasteiger partial charge in [0.1, 0.15) is 13.2 Å². The molecule has 104 valence electrons. The number of rotatable bonds is 4. The molecule has 3 rings (SSSR count). The third-order valence-electron chi connectivity index (χ3n) is 4.46. The van der Waals surface area contributed by atoms with Crippen molar-refractivity contribution in [2.75, 3.05) is 19.8 Å². The molecule has 1 aromatic carbocycles. The van der Waals surface area contributed by atoms with Crippen LogP contribution < -0.4 is 15.2 Å². The first-order valence-corrected chi connectivity index (χ1v) is 7.45. The lowest BCUT2D eigenvalue weighted by Crippen LogP contribution is -2.17. The second kappa shape index (κ2) is 5.83. The van der Waals surface area contributed by atoms with Gasteiger partial charge in [-0.25, -0.2) is 0 Å². The van der Waals surface area contributed by atoms with Crippen LogP contribution in [-0.2, 0) is 6.42 Å². The molecule has 2 N–H and O–H groups in total. The van der Waals surface area contributed by atoms with Crippen molar-refractivity contribution < 1.29 is 9.47 Å². The molecule has 2 unspecified atom stereocenters. The largest absolute Gasteiger partial charge is 0.486 e. The second-order valence-electron chi connectivity index (χ2n) is 5.71. The SMILES string of the molecule is NCCC1CCCC1Cc1ccc2c(c1)OCCO2. The molecule has 1 heterocycles. The molecule has 3 heteroatoms. The van der Waals surface area contributed by atoms with Crippen molar-refractivity contribution in [3.05, 3.63) is 23.8 Å². The van der Waals surface area contributed by atoms with E-state index in [0.29, 0.717) is 13.2 Å². The van der Waals surface area contributed by atoms with Gasteiger partial charge in [-0.15, -0.1) is 0 Å². The molecule has 19 heavy (non-hydrogen) atoms. The van der Waals surface area contributed by atoms with Crippen LogP contribution in [0.3, 0.4) is 0 Å². The highest BCUT2D eigenvalue weighted by atomic mass is 16.6. The minimum atomic E-state index is 0.660. The molecule has 2 aliphatic rings. The first-order chi connectivity index (χ1) is 9.36. The van der Waals surface area contributed by atoms with E-state index in [1.807, 2.05) is 0 Å². The van der Waals surface area contributed by atoms with Crippen LogP contribution in [0.5, 0.6) is 11.5 Å². The summed E-state index contributed by atoms with van der Waals surface area (Å²) in [6.45, 7) is 2.14. The highest BCUT2D eigenvalue weighted by Crippen LogP contribution is 2.38. The van der Waals surface area contributed by atoms with Crippen LogP contribution in [0.4, 0.5) is 0 Å². The lowest BCUT2D eigenvalue weighted by atomic mass is 9.87. The van der Waals surface area contributed by atoms with Gasteiger partial charge in [0.15, 0.2) is 11.5 Å². The maximum Gasteiger partial charge on any atom is 0.161 e. The lowest BCUT2D eigenvalue weighted by Gasteiger charge is -2.21. The monoisotopic (exact) mass is 261 g/mol. The van der Waals surface area contributed by atoms with Crippen molar-refractivity contribution in [3.8, 4) is 11.5 Å². The Morgan fingerprint density at radius 3 is 2.68 bits per heavy atom. The molecule has 2 atom stereocenters. The van der Waals surface area contributed by atoms with E-state index < -0.39 is 0 Å². The first-order valence-electron chi connectivity index (χ1n) is 7.45. The van der Waals surface area contributed by atoms with E-state index in [1.54, 1.807) is 0 Å². The van der Waals surface area contributed by atoms with Crippen molar-refractivity contribution in [1.29, 1.82) is 0 Å². The summed E-state index contributed by atoms with van der Waals surface area (Å²) >= 11 is 0. The number of hydrogen-bond donors (Lipinski definition) is 1. The highest BCUT2D eigenvalue weighted by molar-refractivity contribution is 5.43. The van der Waals surface area contributed by atoms with Crippen molar-refractivity contribution in [2.24, 2.45) is 17.6 Å². The number of ether oxygens (including phenoxy) is 2. The summed E-state index contributed by atoms with van der Waals surface area (Å²) in [7, 11) is 0. The van der Waals surface area contributed by atoms with Gasteiger partial charge in [0.05, 0.1) is 0 Å². The Kier molecular flexibility index (Phi) is 3.92. The summed E-state index contributed by atoms with van der Waals surface area (Å²) in [5, 5.41) is 0. The van der Waals surface area contributed by atoms with Crippen LogP contribution >= 0.6 is 0 Å². The number of benzene rings is 1. The zero-order chi connectivity index (χ0) is 13.1. The van der Waals surface area contributed by atoms with Gasteiger partial charge in [-0.1, -0.05) is 18.9 Å². The summed E-state index contributed by atoms with van der Waals surface area (Å²) < 4.78 is 11.2. The predicted octanol–water partition coefficient (Wildman–Crippen LogP) is 2.77. The third kappa shape index (κ3) is 2.86. The number of hydrogen-bond acceptors (Lipinski definition) is 3. The Balaban J connectivity index is 1.69. The first kappa shape index (κ1) is 12.8. The Morgan fingerprint density at radius 2 is 1.84 bits per heavy atom. The van der Waals surface area contributed by atoms with Gasteiger partial charge < -0.3 is 15.2 Å². The Morgan fingerprint density at radius 1 is 1.05 bits per heavy atom. The van der Waals surface area contributed by atoms with E-state index in [9.17, 15) is 0 Å². The normalized spacial score (nSPS) is 25.5.